The molecular formula is C12H21N3S2. The molecule has 96 valence electrons. The Morgan fingerprint density at radius 3 is 3.06 bits per heavy atom. The molecule has 1 aromatic heterocycles. The van der Waals surface area contributed by atoms with Crippen molar-refractivity contribution >= 4 is 28.4 Å². The molecule has 3 nitrogen and oxygen atoms in total. The molecule has 2 unspecified atom stereocenters. The van der Waals surface area contributed by atoms with Gasteiger partial charge in [0.05, 0.1) is 0 Å². The summed E-state index contributed by atoms with van der Waals surface area (Å²) in [5.74, 6) is 2.23. The number of aromatic nitrogens is 2. The van der Waals surface area contributed by atoms with Gasteiger partial charge >= 0.3 is 0 Å². The number of aryl methyl sites for hydroxylation is 1. The second-order valence-electron chi connectivity index (χ2n) is 4.50. The third kappa shape index (κ3) is 3.85. The third-order valence-corrected chi connectivity index (χ3v) is 4.97. The zero-order chi connectivity index (χ0) is 12.1. The van der Waals surface area contributed by atoms with Gasteiger partial charge in [0.15, 0.2) is 0 Å². The number of nitrogens with zero attached hydrogens (tertiary/aromatic N) is 2. The van der Waals surface area contributed by atoms with Crippen molar-refractivity contribution in [3.63, 3.8) is 0 Å². The van der Waals surface area contributed by atoms with Crippen molar-refractivity contribution in [3.8, 4) is 0 Å². The first-order valence-corrected chi connectivity index (χ1v) is 8.34. The number of hydrogen-bond acceptors (Lipinski definition) is 5. The maximum atomic E-state index is 4.52. The maximum Gasteiger partial charge on any atom is 0.202 e. The van der Waals surface area contributed by atoms with Gasteiger partial charge in [-0.05, 0) is 31.4 Å². The molecule has 0 aliphatic heterocycles. The molecule has 1 heterocycles. The van der Waals surface area contributed by atoms with E-state index in [9.17, 15) is 0 Å². The molecule has 17 heavy (non-hydrogen) atoms. The number of anilines is 1. The molecule has 1 aliphatic rings. The molecule has 1 fully saturated rings. The topological polar surface area (TPSA) is 37.8 Å². The molecule has 2 atom stereocenters. The summed E-state index contributed by atoms with van der Waals surface area (Å²) in [4.78, 5) is 4.52. The predicted molar refractivity (Wildman–Crippen MR) is 77.1 cm³/mol. The fourth-order valence-corrected chi connectivity index (χ4v) is 4.10. The van der Waals surface area contributed by atoms with Gasteiger partial charge < -0.3 is 5.32 Å². The standard InChI is InChI=1S/C12H21N3S2/c1-3-5-11-14-12(17-15-11)13-9-6-7-10(8-9)16-4-2/h9-10H,3-8H2,1-2H3,(H,13,14,15). The lowest BCUT2D eigenvalue weighted by atomic mass is 10.3. The summed E-state index contributed by atoms with van der Waals surface area (Å²) >= 11 is 3.61. The molecule has 0 bridgehead atoms. The normalized spacial score (nSPS) is 24.1. The highest BCUT2D eigenvalue weighted by Crippen LogP contribution is 2.31. The van der Waals surface area contributed by atoms with Crippen molar-refractivity contribution in [2.45, 2.75) is 57.2 Å². The highest BCUT2D eigenvalue weighted by atomic mass is 32.2. The van der Waals surface area contributed by atoms with Crippen molar-refractivity contribution < 1.29 is 0 Å². The third-order valence-electron chi connectivity index (χ3n) is 3.06. The molecule has 1 N–H and O–H groups in total. The van der Waals surface area contributed by atoms with Crippen molar-refractivity contribution in [2.24, 2.45) is 0 Å². The van der Waals surface area contributed by atoms with Gasteiger partial charge in [0, 0.05) is 29.2 Å². The lowest BCUT2D eigenvalue weighted by Crippen LogP contribution is -2.15. The van der Waals surface area contributed by atoms with Crippen LogP contribution in [-0.2, 0) is 6.42 Å². The van der Waals surface area contributed by atoms with E-state index >= 15 is 0 Å². The number of thioether (sulfide) groups is 1. The van der Waals surface area contributed by atoms with Crippen molar-refractivity contribution in [1.29, 1.82) is 0 Å². The molecule has 1 aliphatic carbocycles. The number of hydrogen-bond donors (Lipinski definition) is 1. The Bertz CT molecular complexity index is 340. The first-order chi connectivity index (χ1) is 8.31. The van der Waals surface area contributed by atoms with Crippen LogP contribution in [0.25, 0.3) is 0 Å². The van der Waals surface area contributed by atoms with Crippen LogP contribution in [0.2, 0.25) is 0 Å². The zero-order valence-electron chi connectivity index (χ0n) is 10.6. The Morgan fingerprint density at radius 2 is 2.29 bits per heavy atom. The van der Waals surface area contributed by atoms with Gasteiger partial charge in [-0.25, -0.2) is 4.98 Å². The molecule has 0 amide bonds. The van der Waals surface area contributed by atoms with Crippen LogP contribution in [0, 0.1) is 0 Å². The Balaban J connectivity index is 1.80. The number of rotatable bonds is 6. The van der Waals surface area contributed by atoms with Crippen LogP contribution < -0.4 is 5.32 Å². The molecule has 2 rings (SSSR count). The van der Waals surface area contributed by atoms with Crippen molar-refractivity contribution in [1.82, 2.24) is 9.36 Å². The van der Waals surface area contributed by atoms with E-state index in [-0.39, 0.29) is 0 Å². The van der Waals surface area contributed by atoms with E-state index < -0.39 is 0 Å². The van der Waals surface area contributed by atoms with Crippen LogP contribution in [-0.4, -0.2) is 26.4 Å². The number of nitrogens with one attached hydrogen (secondary N) is 1. The van der Waals surface area contributed by atoms with Crippen LogP contribution in [0.1, 0.15) is 45.4 Å². The molecule has 1 saturated carbocycles. The predicted octanol–water partition coefficient (Wildman–Crippen LogP) is 3.58. The van der Waals surface area contributed by atoms with E-state index in [1.807, 2.05) is 0 Å². The molecule has 1 aromatic rings. The van der Waals surface area contributed by atoms with E-state index in [4.69, 9.17) is 0 Å². The second kappa shape index (κ2) is 6.59. The minimum Gasteiger partial charge on any atom is -0.358 e. The van der Waals surface area contributed by atoms with Gasteiger partial charge in [0.25, 0.3) is 0 Å². The fraction of sp³-hybridized carbons (Fsp3) is 0.833. The molecule has 5 heteroatoms. The minimum absolute atomic E-state index is 0.612. The largest absolute Gasteiger partial charge is 0.358 e. The molecule has 0 saturated heterocycles. The van der Waals surface area contributed by atoms with Crippen molar-refractivity contribution in [2.75, 3.05) is 11.1 Å². The Morgan fingerprint density at radius 1 is 1.41 bits per heavy atom. The maximum absolute atomic E-state index is 4.52. The van der Waals surface area contributed by atoms with Crippen LogP contribution in [0.5, 0.6) is 0 Å². The minimum atomic E-state index is 0.612. The summed E-state index contributed by atoms with van der Waals surface area (Å²) < 4.78 is 4.37. The molecule has 0 spiro atoms. The summed E-state index contributed by atoms with van der Waals surface area (Å²) in [5.41, 5.74) is 0. The SMILES string of the molecule is CCCc1nsc(NC2CCC(SCC)C2)n1. The van der Waals surface area contributed by atoms with E-state index in [0.717, 1.165) is 29.0 Å². The molecular weight excluding hydrogens is 250 g/mol. The van der Waals surface area contributed by atoms with Crippen LogP contribution >= 0.6 is 23.3 Å². The van der Waals surface area contributed by atoms with Gasteiger partial charge in [-0.2, -0.15) is 16.1 Å². The lowest BCUT2D eigenvalue weighted by Gasteiger charge is -2.11. The summed E-state index contributed by atoms with van der Waals surface area (Å²) in [6, 6.07) is 0.612. The average molecular weight is 271 g/mol. The van der Waals surface area contributed by atoms with E-state index in [1.54, 1.807) is 0 Å². The van der Waals surface area contributed by atoms with Gasteiger partial charge in [0.2, 0.25) is 5.13 Å². The van der Waals surface area contributed by atoms with E-state index in [1.165, 1.54) is 36.5 Å². The zero-order valence-corrected chi connectivity index (χ0v) is 12.2. The smallest absolute Gasteiger partial charge is 0.202 e. The lowest BCUT2D eigenvalue weighted by molar-refractivity contribution is 0.753. The van der Waals surface area contributed by atoms with E-state index in [2.05, 4.69) is 40.3 Å². The van der Waals surface area contributed by atoms with Crippen LogP contribution in [0.3, 0.4) is 0 Å². The van der Waals surface area contributed by atoms with Gasteiger partial charge in [-0.3, -0.25) is 0 Å². The first-order valence-electron chi connectivity index (χ1n) is 6.52. The second-order valence-corrected chi connectivity index (χ2v) is 6.83. The van der Waals surface area contributed by atoms with Crippen LogP contribution in [0.4, 0.5) is 5.13 Å². The van der Waals surface area contributed by atoms with Gasteiger partial charge in [0.1, 0.15) is 5.82 Å². The Kier molecular flexibility index (Phi) is 5.10. The first kappa shape index (κ1) is 13.1. The van der Waals surface area contributed by atoms with E-state index in [0.29, 0.717) is 6.04 Å². The van der Waals surface area contributed by atoms with Gasteiger partial charge in [-0.15, -0.1) is 0 Å². The summed E-state index contributed by atoms with van der Waals surface area (Å²) in [7, 11) is 0. The highest BCUT2D eigenvalue weighted by Gasteiger charge is 2.25. The molecule has 0 radical (unpaired) electrons. The quantitative estimate of drug-likeness (QED) is 0.858. The average Bonchev–Trinajstić information content (AvgIpc) is 2.91. The van der Waals surface area contributed by atoms with Crippen molar-refractivity contribution in [3.05, 3.63) is 5.82 Å². The summed E-state index contributed by atoms with van der Waals surface area (Å²) in [6.07, 6.45) is 6.02. The Hall–Kier alpha value is -0.290. The summed E-state index contributed by atoms with van der Waals surface area (Å²) in [6.45, 7) is 4.41. The fourth-order valence-electron chi connectivity index (χ4n) is 2.27. The summed E-state index contributed by atoms with van der Waals surface area (Å²) in [5, 5.41) is 5.40. The van der Waals surface area contributed by atoms with Gasteiger partial charge in [-0.1, -0.05) is 13.8 Å². The molecule has 0 aromatic carbocycles. The monoisotopic (exact) mass is 271 g/mol. The Labute approximate surface area is 112 Å². The highest BCUT2D eigenvalue weighted by molar-refractivity contribution is 7.99. The van der Waals surface area contributed by atoms with Crippen LogP contribution in [0.15, 0.2) is 0 Å².